The average molecular weight is 468 g/mol. The fourth-order valence-corrected chi connectivity index (χ4v) is 4.18. The number of halogens is 6. The van der Waals surface area contributed by atoms with Gasteiger partial charge in [0, 0.05) is 24.0 Å². The number of alkyl halides is 2. The first-order chi connectivity index (χ1) is 15.2. The SMILES string of the molecule is CCCC1COC(C2CCC(C(F)(F)Oc3cc(F)c(OC=C(F)F)c(F)c3)CC2)OC1. The van der Waals surface area contributed by atoms with Gasteiger partial charge in [-0.2, -0.15) is 17.6 Å². The van der Waals surface area contributed by atoms with Gasteiger partial charge in [-0.3, -0.25) is 0 Å². The second-order valence-electron chi connectivity index (χ2n) is 8.21. The van der Waals surface area contributed by atoms with Crippen molar-refractivity contribution in [2.24, 2.45) is 17.8 Å². The summed E-state index contributed by atoms with van der Waals surface area (Å²) >= 11 is 0. The molecule has 1 aliphatic heterocycles. The van der Waals surface area contributed by atoms with Crippen LogP contribution in [-0.2, 0) is 9.47 Å². The van der Waals surface area contributed by atoms with E-state index in [1.807, 2.05) is 0 Å². The maximum atomic E-state index is 14.6. The normalized spacial score (nSPS) is 26.5. The summed E-state index contributed by atoms with van der Waals surface area (Å²) in [6.45, 7) is 3.29. The van der Waals surface area contributed by atoms with Crippen molar-refractivity contribution in [1.29, 1.82) is 0 Å². The van der Waals surface area contributed by atoms with E-state index < -0.39 is 47.5 Å². The summed E-state index contributed by atoms with van der Waals surface area (Å²) in [5.74, 6) is -5.57. The Labute approximate surface area is 182 Å². The topological polar surface area (TPSA) is 36.9 Å². The summed E-state index contributed by atoms with van der Waals surface area (Å²) in [5.41, 5.74) is 0. The highest BCUT2D eigenvalue weighted by Gasteiger charge is 2.45. The number of benzene rings is 1. The van der Waals surface area contributed by atoms with Crippen LogP contribution in [0.3, 0.4) is 0 Å². The maximum absolute atomic E-state index is 14.6. The molecule has 180 valence electrons. The van der Waals surface area contributed by atoms with E-state index in [1.54, 1.807) is 0 Å². The minimum absolute atomic E-state index is 0.0000905. The predicted molar refractivity (Wildman–Crippen MR) is 102 cm³/mol. The molecule has 0 unspecified atom stereocenters. The molecule has 0 N–H and O–H groups in total. The van der Waals surface area contributed by atoms with Crippen LogP contribution in [0.2, 0.25) is 0 Å². The molecule has 0 aromatic heterocycles. The number of ether oxygens (including phenoxy) is 4. The summed E-state index contributed by atoms with van der Waals surface area (Å²) in [5, 5.41) is 0. The lowest BCUT2D eigenvalue weighted by Gasteiger charge is -2.39. The third kappa shape index (κ3) is 6.31. The molecule has 10 heteroatoms. The second-order valence-corrected chi connectivity index (χ2v) is 8.21. The molecule has 1 aliphatic carbocycles. The first kappa shape index (κ1) is 24.7. The van der Waals surface area contributed by atoms with Crippen molar-refractivity contribution in [2.45, 2.75) is 57.8 Å². The molecule has 0 amide bonds. The van der Waals surface area contributed by atoms with E-state index in [9.17, 15) is 26.3 Å². The largest absolute Gasteiger partial charge is 0.453 e. The summed E-state index contributed by atoms with van der Waals surface area (Å²) in [4.78, 5) is 0. The smallest absolute Gasteiger partial charge is 0.400 e. The number of hydrogen-bond acceptors (Lipinski definition) is 4. The van der Waals surface area contributed by atoms with E-state index in [4.69, 9.17) is 9.47 Å². The van der Waals surface area contributed by atoms with Gasteiger partial charge >= 0.3 is 12.2 Å². The summed E-state index contributed by atoms with van der Waals surface area (Å²) < 4.78 is 102. The molecular weight excluding hydrogens is 442 g/mol. The molecular formula is C22H26F6O4. The standard InChI is InChI=1S/C22H26F6O4/c1-2-3-13-10-30-21(31-11-13)14-4-6-15(7-5-14)22(27,28)32-16-8-17(23)20(18(24)9-16)29-12-19(25)26/h8-9,12-15,21H,2-7,10-11H2,1H3. The van der Waals surface area contributed by atoms with Crippen molar-refractivity contribution in [3.05, 3.63) is 36.1 Å². The zero-order valence-electron chi connectivity index (χ0n) is 17.6. The van der Waals surface area contributed by atoms with Crippen LogP contribution >= 0.6 is 0 Å². The molecule has 1 aromatic rings. The Morgan fingerprint density at radius 2 is 1.66 bits per heavy atom. The Morgan fingerprint density at radius 3 is 2.19 bits per heavy atom. The van der Waals surface area contributed by atoms with Crippen molar-refractivity contribution in [3.8, 4) is 11.5 Å². The summed E-state index contributed by atoms with van der Waals surface area (Å²) in [6, 6.07) is 0.941. The number of hydrogen-bond donors (Lipinski definition) is 0. The Morgan fingerprint density at radius 1 is 1.06 bits per heavy atom. The van der Waals surface area contributed by atoms with Crippen molar-refractivity contribution in [2.75, 3.05) is 13.2 Å². The molecule has 0 atom stereocenters. The molecule has 1 saturated carbocycles. The third-order valence-electron chi connectivity index (χ3n) is 5.81. The van der Waals surface area contributed by atoms with Crippen LogP contribution in [0.4, 0.5) is 26.3 Å². The van der Waals surface area contributed by atoms with Gasteiger partial charge in [0.15, 0.2) is 29.9 Å². The molecule has 2 aliphatic rings. The highest BCUT2D eigenvalue weighted by molar-refractivity contribution is 5.35. The van der Waals surface area contributed by atoms with E-state index in [2.05, 4.69) is 16.4 Å². The van der Waals surface area contributed by atoms with Crippen LogP contribution in [-0.4, -0.2) is 25.6 Å². The van der Waals surface area contributed by atoms with E-state index >= 15 is 0 Å². The van der Waals surface area contributed by atoms with Gasteiger partial charge in [-0.15, -0.1) is 0 Å². The molecule has 32 heavy (non-hydrogen) atoms. The van der Waals surface area contributed by atoms with Gasteiger partial charge < -0.3 is 18.9 Å². The van der Waals surface area contributed by atoms with Crippen LogP contribution in [0.5, 0.6) is 11.5 Å². The molecule has 1 saturated heterocycles. The molecule has 1 aromatic carbocycles. The van der Waals surface area contributed by atoms with Crippen LogP contribution < -0.4 is 9.47 Å². The molecule has 4 nitrogen and oxygen atoms in total. The van der Waals surface area contributed by atoms with E-state index in [1.165, 1.54) is 0 Å². The number of rotatable bonds is 8. The highest BCUT2D eigenvalue weighted by Crippen LogP contribution is 2.42. The second kappa shape index (κ2) is 10.8. The highest BCUT2D eigenvalue weighted by atomic mass is 19.3. The van der Waals surface area contributed by atoms with E-state index in [-0.39, 0.29) is 25.0 Å². The van der Waals surface area contributed by atoms with E-state index in [0.717, 1.165) is 12.8 Å². The van der Waals surface area contributed by atoms with Gasteiger partial charge in [0.1, 0.15) is 5.75 Å². The van der Waals surface area contributed by atoms with Crippen molar-refractivity contribution in [1.82, 2.24) is 0 Å². The maximum Gasteiger partial charge on any atom is 0.400 e. The molecule has 0 bridgehead atoms. The summed E-state index contributed by atoms with van der Waals surface area (Å²) in [6.07, 6.45) is -3.32. The quantitative estimate of drug-likeness (QED) is 0.316. The average Bonchev–Trinajstić information content (AvgIpc) is 2.73. The van der Waals surface area contributed by atoms with Crippen molar-refractivity contribution in [3.63, 3.8) is 0 Å². The lowest BCUT2D eigenvalue weighted by molar-refractivity contribution is -0.247. The minimum atomic E-state index is -3.67. The Kier molecular flexibility index (Phi) is 8.32. The van der Waals surface area contributed by atoms with Crippen LogP contribution in [0.1, 0.15) is 45.4 Å². The van der Waals surface area contributed by atoms with Gasteiger partial charge in [-0.05, 0) is 32.1 Å². The molecule has 1 heterocycles. The Bertz CT molecular complexity index is 760. The molecule has 2 fully saturated rings. The lowest BCUT2D eigenvalue weighted by atomic mass is 9.80. The third-order valence-corrected chi connectivity index (χ3v) is 5.81. The fourth-order valence-electron chi connectivity index (χ4n) is 4.18. The predicted octanol–water partition coefficient (Wildman–Crippen LogP) is 6.65. The van der Waals surface area contributed by atoms with Crippen molar-refractivity contribution >= 4 is 0 Å². The fraction of sp³-hybridized carbons (Fsp3) is 0.636. The zero-order chi connectivity index (χ0) is 23.3. The van der Waals surface area contributed by atoms with Gasteiger partial charge in [-0.25, -0.2) is 8.78 Å². The van der Waals surface area contributed by atoms with Crippen LogP contribution in [0.25, 0.3) is 0 Å². The Hall–Kier alpha value is -1.94. The molecule has 3 rings (SSSR count). The lowest BCUT2D eigenvalue weighted by Crippen LogP contribution is -2.42. The monoisotopic (exact) mass is 468 g/mol. The summed E-state index contributed by atoms with van der Waals surface area (Å²) in [7, 11) is 0. The van der Waals surface area contributed by atoms with Crippen LogP contribution in [0.15, 0.2) is 24.5 Å². The van der Waals surface area contributed by atoms with Gasteiger partial charge in [0.05, 0.1) is 19.1 Å². The van der Waals surface area contributed by atoms with Gasteiger partial charge in [0.2, 0.25) is 0 Å². The van der Waals surface area contributed by atoms with Gasteiger partial charge in [0.25, 0.3) is 0 Å². The van der Waals surface area contributed by atoms with Crippen molar-refractivity contribution < 1.29 is 45.3 Å². The van der Waals surface area contributed by atoms with Crippen LogP contribution in [0, 0.1) is 29.4 Å². The minimum Gasteiger partial charge on any atom is -0.453 e. The first-order valence-corrected chi connectivity index (χ1v) is 10.7. The molecule has 0 spiro atoms. The van der Waals surface area contributed by atoms with Gasteiger partial charge in [-0.1, -0.05) is 13.3 Å². The Balaban J connectivity index is 1.55. The first-order valence-electron chi connectivity index (χ1n) is 10.7. The van der Waals surface area contributed by atoms with E-state index in [0.29, 0.717) is 44.1 Å². The zero-order valence-corrected chi connectivity index (χ0v) is 17.6. The molecule has 0 radical (unpaired) electrons.